The molecule has 1 atom stereocenters. The molecule has 0 saturated heterocycles. The molecule has 2 amide bonds. The summed E-state index contributed by atoms with van der Waals surface area (Å²) < 4.78 is 30.8. The van der Waals surface area contributed by atoms with Crippen molar-refractivity contribution < 1.29 is 13.6 Å². The van der Waals surface area contributed by atoms with Crippen molar-refractivity contribution in [2.24, 2.45) is 5.92 Å². The number of hydrogen-bond acceptors (Lipinski definition) is 5. The molecule has 0 radical (unpaired) electrons. The quantitative estimate of drug-likeness (QED) is 0.467. The van der Waals surface area contributed by atoms with Gasteiger partial charge in [-0.1, -0.05) is 0 Å². The van der Waals surface area contributed by atoms with Crippen molar-refractivity contribution in [3.63, 3.8) is 0 Å². The number of carbonyl (C=O) groups excluding carboxylic acids is 1. The lowest BCUT2D eigenvalue weighted by Gasteiger charge is -2.33. The van der Waals surface area contributed by atoms with Crippen molar-refractivity contribution in [2.75, 3.05) is 32.1 Å². The van der Waals surface area contributed by atoms with Gasteiger partial charge in [-0.25, -0.2) is 13.6 Å². The molecule has 2 aliphatic heterocycles. The summed E-state index contributed by atoms with van der Waals surface area (Å²) in [5, 5.41) is 18.5. The summed E-state index contributed by atoms with van der Waals surface area (Å²) in [6.45, 7) is 3.93. The lowest BCUT2D eigenvalue weighted by Crippen LogP contribution is -2.42. The number of allylic oxidation sites excluding steroid dienone is 1. The summed E-state index contributed by atoms with van der Waals surface area (Å²) >= 11 is 0. The van der Waals surface area contributed by atoms with Gasteiger partial charge in [-0.15, -0.1) is 0 Å². The zero-order valence-electron chi connectivity index (χ0n) is 21.7. The minimum atomic E-state index is -2.69. The van der Waals surface area contributed by atoms with Crippen LogP contribution in [-0.2, 0) is 19.4 Å². The number of halogens is 2. The lowest BCUT2D eigenvalue weighted by atomic mass is 9.92. The number of carbonyl (C=O) groups is 1. The van der Waals surface area contributed by atoms with E-state index in [0.29, 0.717) is 43.1 Å². The number of nitrogens with one attached hydrogen (secondary N) is 3. The molecule has 37 heavy (non-hydrogen) atoms. The van der Waals surface area contributed by atoms with Crippen molar-refractivity contribution in [2.45, 2.75) is 58.0 Å². The second-order valence-corrected chi connectivity index (χ2v) is 10.2. The van der Waals surface area contributed by atoms with Crippen LogP contribution in [0.1, 0.15) is 66.6 Å². The molecule has 198 valence electrons. The number of aryl methyl sites for hydroxylation is 1. The molecule has 0 bridgehead atoms. The first-order valence-corrected chi connectivity index (χ1v) is 13.1. The minimum absolute atomic E-state index is 0.0951. The van der Waals surface area contributed by atoms with Gasteiger partial charge < -0.3 is 25.8 Å². The lowest BCUT2D eigenvalue weighted by molar-refractivity contribution is 0.151. The number of alkyl halides is 2. The summed E-state index contributed by atoms with van der Waals surface area (Å²) in [6, 6.07) is 3.53. The fourth-order valence-corrected chi connectivity index (χ4v) is 5.74. The van der Waals surface area contributed by atoms with E-state index in [-0.39, 0.29) is 17.6 Å². The number of benzene rings is 1. The molecular weight excluding hydrogens is 476 g/mol. The molecule has 10 heteroatoms. The van der Waals surface area contributed by atoms with Gasteiger partial charge in [0.2, 0.25) is 0 Å². The first-order valence-electron chi connectivity index (χ1n) is 13.1. The van der Waals surface area contributed by atoms with E-state index < -0.39 is 6.43 Å². The number of hydrogen-bond donors (Lipinski definition) is 3. The zero-order valence-corrected chi connectivity index (χ0v) is 21.7. The van der Waals surface area contributed by atoms with Crippen LogP contribution in [-0.4, -0.2) is 54.1 Å². The third-order valence-electron chi connectivity index (χ3n) is 7.88. The van der Waals surface area contributed by atoms with Gasteiger partial charge in [0.25, 0.3) is 6.43 Å². The van der Waals surface area contributed by atoms with Crippen LogP contribution < -0.4 is 15.5 Å². The number of nitrogens with zero attached hydrogens (tertiary/aromatic N) is 4. The van der Waals surface area contributed by atoms with Crippen LogP contribution in [0.25, 0.3) is 5.57 Å². The van der Waals surface area contributed by atoms with E-state index in [0.717, 1.165) is 47.4 Å². The zero-order chi connectivity index (χ0) is 26.3. The maximum atomic E-state index is 14.3. The molecule has 3 heterocycles. The Labute approximate surface area is 216 Å². The Bertz CT molecular complexity index is 1230. The van der Waals surface area contributed by atoms with Gasteiger partial charge in [-0.3, -0.25) is 4.68 Å². The predicted octanol–water partition coefficient (Wildman–Crippen LogP) is 4.78. The van der Waals surface area contributed by atoms with Crippen molar-refractivity contribution in [1.29, 1.82) is 5.41 Å². The normalized spacial score (nSPS) is 18.4. The largest absolute Gasteiger partial charge is 0.393 e. The number of aromatic nitrogens is 2. The van der Waals surface area contributed by atoms with E-state index in [1.54, 1.807) is 31.3 Å². The molecule has 3 aliphatic rings. The molecule has 0 spiro atoms. The van der Waals surface area contributed by atoms with Gasteiger partial charge in [-0.2, -0.15) is 5.10 Å². The molecule has 1 saturated carbocycles. The van der Waals surface area contributed by atoms with Crippen molar-refractivity contribution >= 4 is 29.3 Å². The summed E-state index contributed by atoms with van der Waals surface area (Å²) in [6.07, 6.45) is 4.71. The maximum Gasteiger partial charge on any atom is 0.317 e. The topological polar surface area (TPSA) is 89.3 Å². The third kappa shape index (κ3) is 4.57. The van der Waals surface area contributed by atoms with Gasteiger partial charge in [0, 0.05) is 74.1 Å². The van der Waals surface area contributed by atoms with Crippen LogP contribution in [0.2, 0.25) is 0 Å². The third-order valence-corrected chi connectivity index (χ3v) is 7.88. The van der Waals surface area contributed by atoms with Gasteiger partial charge in [0.05, 0.1) is 12.6 Å². The van der Waals surface area contributed by atoms with Gasteiger partial charge >= 0.3 is 6.03 Å². The fraction of sp³-hybridized carbons (Fsp3) is 0.519. The van der Waals surface area contributed by atoms with E-state index in [9.17, 15) is 13.6 Å². The maximum absolute atomic E-state index is 14.3. The van der Waals surface area contributed by atoms with Crippen molar-refractivity contribution in [1.82, 2.24) is 25.3 Å². The Morgan fingerprint density at radius 1 is 1.22 bits per heavy atom. The van der Waals surface area contributed by atoms with Crippen LogP contribution in [0.3, 0.4) is 0 Å². The monoisotopic (exact) mass is 511 g/mol. The molecular formula is C27H35F2N7O. The average Bonchev–Trinajstić information content (AvgIpc) is 3.70. The second-order valence-electron chi connectivity index (χ2n) is 10.2. The first kappa shape index (κ1) is 25.2. The summed E-state index contributed by atoms with van der Waals surface area (Å²) in [5.41, 5.74) is 4.56. The van der Waals surface area contributed by atoms with Crippen molar-refractivity contribution in [3.8, 4) is 0 Å². The van der Waals surface area contributed by atoms with E-state index >= 15 is 0 Å². The van der Waals surface area contributed by atoms with E-state index in [1.807, 2.05) is 6.07 Å². The number of fused-ring (bicyclic) bond motifs is 2. The standard InChI is InChI=1S/C27H35F2N7O/c1-16(17-6-7-17)36-23-8-10-34(27(37)32-3)15-22(23)26(33-36)35-9-4-5-18-11-20(19(13-30)14-31-2)21(25(28)29)12-24(18)35/h11-14,16-17,25,30-31H,4-10,15H2,1-3H3,(H,32,37)/b19-14+,30-13?/t16-/m0/s1. The molecule has 1 fully saturated rings. The highest BCUT2D eigenvalue weighted by Crippen LogP contribution is 2.45. The van der Waals surface area contributed by atoms with Crippen LogP contribution in [0.5, 0.6) is 0 Å². The number of anilines is 2. The fourth-order valence-electron chi connectivity index (χ4n) is 5.74. The molecule has 1 aliphatic carbocycles. The van der Waals surface area contributed by atoms with E-state index in [2.05, 4.69) is 27.1 Å². The first-order chi connectivity index (χ1) is 17.9. The SMILES string of the molecule is CN/C=C(\C=N)c1cc2c(cc1C(F)F)N(c1nn([C@@H](C)C3CC3)c3c1CN(C(=O)NC)CC3)CCC2. The Balaban J connectivity index is 1.63. The minimum Gasteiger partial charge on any atom is -0.393 e. The molecule has 1 aromatic heterocycles. The molecule has 2 aromatic rings. The number of urea groups is 1. The van der Waals surface area contributed by atoms with Gasteiger partial charge in [-0.05, 0) is 61.8 Å². The Morgan fingerprint density at radius 3 is 2.65 bits per heavy atom. The van der Waals surface area contributed by atoms with Crippen LogP contribution in [0, 0.1) is 11.3 Å². The van der Waals surface area contributed by atoms with Gasteiger partial charge in [0.15, 0.2) is 5.82 Å². The van der Waals surface area contributed by atoms with E-state index in [1.165, 1.54) is 12.8 Å². The molecule has 3 N–H and O–H groups in total. The van der Waals surface area contributed by atoms with Crippen LogP contribution in [0.4, 0.5) is 25.1 Å². The highest BCUT2D eigenvalue weighted by atomic mass is 19.3. The smallest absolute Gasteiger partial charge is 0.317 e. The Hall–Kier alpha value is -3.43. The summed E-state index contributed by atoms with van der Waals surface area (Å²) in [7, 11) is 3.32. The summed E-state index contributed by atoms with van der Waals surface area (Å²) in [4.78, 5) is 16.3. The molecule has 1 aromatic carbocycles. The highest BCUT2D eigenvalue weighted by Gasteiger charge is 2.37. The number of rotatable bonds is 7. The Morgan fingerprint density at radius 2 is 2.00 bits per heavy atom. The molecule has 5 rings (SSSR count). The summed E-state index contributed by atoms with van der Waals surface area (Å²) in [5.74, 6) is 1.37. The Kier molecular flexibility index (Phi) is 6.92. The molecule has 0 unspecified atom stereocenters. The highest BCUT2D eigenvalue weighted by molar-refractivity contribution is 6.09. The van der Waals surface area contributed by atoms with Crippen LogP contribution in [0.15, 0.2) is 18.3 Å². The second kappa shape index (κ2) is 10.1. The average molecular weight is 512 g/mol. The molecule has 8 nitrogen and oxygen atoms in total. The predicted molar refractivity (Wildman–Crippen MR) is 141 cm³/mol. The van der Waals surface area contributed by atoms with Crippen molar-refractivity contribution in [3.05, 3.63) is 46.3 Å². The van der Waals surface area contributed by atoms with Crippen LogP contribution >= 0.6 is 0 Å². The number of amides is 2. The van der Waals surface area contributed by atoms with Gasteiger partial charge in [0.1, 0.15) is 0 Å². The van der Waals surface area contributed by atoms with E-state index in [4.69, 9.17) is 10.5 Å².